The summed E-state index contributed by atoms with van der Waals surface area (Å²) in [6.07, 6.45) is 5.10. The van der Waals surface area contributed by atoms with Crippen molar-refractivity contribution in [2.75, 3.05) is 24.5 Å². The predicted octanol–water partition coefficient (Wildman–Crippen LogP) is 3.61. The first-order chi connectivity index (χ1) is 14.6. The number of aryl methyl sites for hydroxylation is 1. The smallest absolute Gasteiger partial charge is 0.258 e. The van der Waals surface area contributed by atoms with E-state index in [2.05, 4.69) is 4.98 Å². The molecule has 154 valence electrons. The van der Waals surface area contributed by atoms with Crippen LogP contribution in [0.3, 0.4) is 0 Å². The van der Waals surface area contributed by atoms with E-state index in [1.807, 2.05) is 30.3 Å². The van der Waals surface area contributed by atoms with Crippen LogP contribution in [0.4, 0.5) is 5.69 Å². The van der Waals surface area contributed by atoms with Crippen molar-refractivity contribution < 1.29 is 13.2 Å². The number of anilines is 1. The maximum Gasteiger partial charge on any atom is 0.258 e. The van der Waals surface area contributed by atoms with Gasteiger partial charge in [-0.1, -0.05) is 12.1 Å². The Morgan fingerprint density at radius 3 is 2.60 bits per heavy atom. The summed E-state index contributed by atoms with van der Waals surface area (Å²) in [6.45, 7) is 1.78. The molecule has 0 unspecified atom stereocenters. The molecular weight excluding hydrogens is 398 g/mol. The Balaban J connectivity index is 1.52. The molecule has 0 atom stereocenters. The number of carbonyl (C=O) groups is 1. The third kappa shape index (κ3) is 3.18. The molecule has 0 N–H and O–H groups in total. The highest BCUT2D eigenvalue weighted by atomic mass is 32.2. The monoisotopic (exact) mass is 421 g/mol. The molecule has 2 aromatic carbocycles. The second-order valence-electron chi connectivity index (χ2n) is 7.84. The third-order valence-corrected chi connectivity index (χ3v) is 7.89. The van der Waals surface area contributed by atoms with Gasteiger partial charge in [-0.15, -0.1) is 0 Å². The van der Waals surface area contributed by atoms with Gasteiger partial charge in [0.25, 0.3) is 5.91 Å². The number of amides is 1. The van der Waals surface area contributed by atoms with Crippen molar-refractivity contribution >= 4 is 32.5 Å². The van der Waals surface area contributed by atoms with Gasteiger partial charge in [-0.25, -0.2) is 8.42 Å². The number of hydrogen-bond acceptors (Lipinski definition) is 4. The lowest BCUT2D eigenvalue weighted by Crippen LogP contribution is -2.36. The lowest BCUT2D eigenvalue weighted by Gasteiger charge is -2.30. The van der Waals surface area contributed by atoms with E-state index in [-0.39, 0.29) is 5.91 Å². The van der Waals surface area contributed by atoms with Crippen LogP contribution in [0.1, 0.15) is 35.2 Å². The van der Waals surface area contributed by atoms with Gasteiger partial charge in [-0.05, 0) is 67.6 Å². The van der Waals surface area contributed by atoms with E-state index in [0.717, 1.165) is 47.8 Å². The van der Waals surface area contributed by atoms with E-state index in [9.17, 15) is 13.2 Å². The second-order valence-corrected chi connectivity index (χ2v) is 9.78. The molecule has 0 bridgehead atoms. The topological polar surface area (TPSA) is 70.6 Å². The summed E-state index contributed by atoms with van der Waals surface area (Å²) in [5.74, 6) is -0.0790. The van der Waals surface area contributed by atoms with Crippen molar-refractivity contribution in [3.8, 4) is 0 Å². The first-order valence-electron chi connectivity index (χ1n) is 10.3. The molecule has 0 saturated carbocycles. The summed E-state index contributed by atoms with van der Waals surface area (Å²) in [4.78, 5) is 19.9. The molecule has 6 nitrogen and oxygen atoms in total. The van der Waals surface area contributed by atoms with E-state index in [0.29, 0.717) is 30.1 Å². The zero-order chi connectivity index (χ0) is 20.7. The molecule has 30 heavy (non-hydrogen) atoms. The number of benzene rings is 2. The van der Waals surface area contributed by atoms with Gasteiger partial charge in [0.2, 0.25) is 10.0 Å². The average molecular weight is 422 g/mol. The Morgan fingerprint density at radius 2 is 1.77 bits per heavy atom. The zero-order valence-corrected chi connectivity index (χ0v) is 17.4. The van der Waals surface area contributed by atoms with Gasteiger partial charge in [0, 0.05) is 42.5 Å². The lowest BCUT2D eigenvalue weighted by molar-refractivity contribution is 0.0986. The summed E-state index contributed by atoms with van der Waals surface area (Å²) in [5, 5.41) is 0.824. The van der Waals surface area contributed by atoms with Crippen LogP contribution < -0.4 is 4.90 Å². The SMILES string of the molecule is O=C(c1cccc2ncccc12)N1CCCc2cc(S(=O)(=O)N3CCCC3)ccc21. The molecule has 1 amide bonds. The van der Waals surface area contributed by atoms with E-state index in [4.69, 9.17) is 0 Å². The summed E-state index contributed by atoms with van der Waals surface area (Å²) in [7, 11) is -3.47. The van der Waals surface area contributed by atoms with Gasteiger partial charge in [0.05, 0.1) is 10.4 Å². The van der Waals surface area contributed by atoms with Crippen LogP contribution in [0.25, 0.3) is 10.9 Å². The van der Waals surface area contributed by atoms with Gasteiger partial charge >= 0.3 is 0 Å². The molecule has 0 spiro atoms. The number of hydrogen-bond donors (Lipinski definition) is 0. The van der Waals surface area contributed by atoms with Crippen molar-refractivity contribution in [2.45, 2.75) is 30.6 Å². The summed E-state index contributed by atoms with van der Waals surface area (Å²) >= 11 is 0. The van der Waals surface area contributed by atoms with Crippen molar-refractivity contribution in [1.82, 2.24) is 9.29 Å². The molecule has 5 rings (SSSR count). The number of sulfonamides is 1. The largest absolute Gasteiger partial charge is 0.308 e. The number of pyridine rings is 1. The minimum Gasteiger partial charge on any atom is -0.308 e. The predicted molar refractivity (Wildman–Crippen MR) is 116 cm³/mol. The third-order valence-electron chi connectivity index (χ3n) is 5.99. The van der Waals surface area contributed by atoms with E-state index in [1.54, 1.807) is 33.6 Å². The maximum atomic E-state index is 13.4. The molecule has 0 radical (unpaired) electrons. The number of aromatic nitrogens is 1. The number of fused-ring (bicyclic) bond motifs is 2. The summed E-state index contributed by atoms with van der Waals surface area (Å²) in [6, 6.07) is 14.5. The van der Waals surface area contributed by atoms with Gasteiger partial charge < -0.3 is 4.90 Å². The molecule has 2 aliphatic heterocycles. The quantitative estimate of drug-likeness (QED) is 0.648. The fraction of sp³-hybridized carbons (Fsp3) is 0.304. The van der Waals surface area contributed by atoms with Crippen LogP contribution in [-0.2, 0) is 16.4 Å². The Labute approximate surface area is 176 Å². The summed E-state index contributed by atoms with van der Waals surface area (Å²) in [5.41, 5.74) is 3.11. The van der Waals surface area contributed by atoms with Gasteiger partial charge in [0.15, 0.2) is 0 Å². The minimum atomic E-state index is -3.47. The highest BCUT2D eigenvalue weighted by Gasteiger charge is 2.30. The molecule has 1 fully saturated rings. The fourth-order valence-electron chi connectivity index (χ4n) is 4.46. The number of carbonyl (C=O) groups excluding carboxylic acids is 1. The van der Waals surface area contributed by atoms with Gasteiger partial charge in [0.1, 0.15) is 0 Å². The van der Waals surface area contributed by atoms with E-state index < -0.39 is 10.0 Å². The van der Waals surface area contributed by atoms with Crippen LogP contribution in [0.5, 0.6) is 0 Å². The van der Waals surface area contributed by atoms with Crippen molar-refractivity contribution in [3.05, 3.63) is 65.9 Å². The standard InChI is InChI=1S/C23H23N3O3S/c27-23(20-7-3-9-21-19(20)8-4-12-24-21)26-15-5-6-17-16-18(10-11-22(17)26)30(28,29)25-13-1-2-14-25/h3-4,7-12,16H,1-2,5-6,13-15H2. The highest BCUT2D eigenvalue weighted by molar-refractivity contribution is 7.89. The Hall–Kier alpha value is -2.77. The van der Waals surface area contributed by atoms with Crippen LogP contribution in [0, 0.1) is 0 Å². The van der Waals surface area contributed by atoms with Crippen LogP contribution in [-0.4, -0.2) is 43.2 Å². The van der Waals surface area contributed by atoms with Crippen LogP contribution in [0.15, 0.2) is 59.6 Å². The Kier molecular flexibility index (Phi) is 4.79. The Morgan fingerprint density at radius 1 is 0.933 bits per heavy atom. The number of rotatable bonds is 3. The van der Waals surface area contributed by atoms with E-state index >= 15 is 0 Å². The molecule has 1 aromatic heterocycles. The maximum absolute atomic E-state index is 13.4. The van der Waals surface area contributed by atoms with Gasteiger partial charge in [-0.2, -0.15) is 4.31 Å². The van der Waals surface area contributed by atoms with Crippen LogP contribution in [0.2, 0.25) is 0 Å². The van der Waals surface area contributed by atoms with Gasteiger partial charge in [-0.3, -0.25) is 9.78 Å². The Bertz CT molecular complexity index is 1230. The number of nitrogens with zero attached hydrogens (tertiary/aromatic N) is 3. The normalized spacial score (nSPS) is 17.3. The average Bonchev–Trinajstić information content (AvgIpc) is 3.33. The minimum absolute atomic E-state index is 0.0790. The highest BCUT2D eigenvalue weighted by Crippen LogP contribution is 2.33. The van der Waals surface area contributed by atoms with E-state index in [1.165, 1.54) is 0 Å². The molecule has 2 aliphatic rings. The molecule has 7 heteroatoms. The van der Waals surface area contributed by atoms with Crippen LogP contribution >= 0.6 is 0 Å². The fourth-order valence-corrected chi connectivity index (χ4v) is 6.03. The van der Waals surface area contributed by atoms with Crippen molar-refractivity contribution in [2.24, 2.45) is 0 Å². The zero-order valence-electron chi connectivity index (χ0n) is 16.6. The molecular formula is C23H23N3O3S. The van der Waals surface area contributed by atoms with Crippen molar-refractivity contribution in [1.29, 1.82) is 0 Å². The second kappa shape index (κ2) is 7.49. The first-order valence-corrected chi connectivity index (χ1v) is 11.8. The molecule has 3 aromatic rings. The molecule has 3 heterocycles. The van der Waals surface area contributed by atoms with Crippen molar-refractivity contribution in [3.63, 3.8) is 0 Å². The first kappa shape index (κ1) is 19.2. The molecule has 1 saturated heterocycles. The lowest BCUT2D eigenvalue weighted by atomic mass is 10.00. The summed E-state index contributed by atoms with van der Waals surface area (Å²) < 4.78 is 27.4. The molecule has 0 aliphatic carbocycles.